The van der Waals surface area contributed by atoms with Crippen LogP contribution in [0.15, 0.2) is 52.7 Å². The van der Waals surface area contributed by atoms with Crippen molar-refractivity contribution in [3.8, 4) is 0 Å². The van der Waals surface area contributed by atoms with Gasteiger partial charge in [-0.25, -0.2) is 9.98 Å². The zero-order chi connectivity index (χ0) is 32.2. The van der Waals surface area contributed by atoms with Gasteiger partial charge in [-0.1, -0.05) is 24.6 Å². The zero-order valence-electron chi connectivity index (χ0n) is 25.4. The van der Waals surface area contributed by atoms with Crippen molar-refractivity contribution >= 4 is 51.5 Å². The lowest BCUT2D eigenvalue weighted by Gasteiger charge is -2.32. The van der Waals surface area contributed by atoms with Crippen LogP contribution in [0.2, 0.25) is 5.02 Å². The Kier molecular flexibility index (Phi) is 10.3. The number of amides is 2. The van der Waals surface area contributed by atoms with Gasteiger partial charge in [-0.2, -0.15) is 13.2 Å². The van der Waals surface area contributed by atoms with Gasteiger partial charge in [0, 0.05) is 61.0 Å². The summed E-state index contributed by atoms with van der Waals surface area (Å²) in [4.78, 5) is 41.3. The fourth-order valence-electron chi connectivity index (χ4n) is 5.44. The van der Waals surface area contributed by atoms with Crippen LogP contribution in [0.1, 0.15) is 68.4 Å². The van der Waals surface area contributed by atoms with Gasteiger partial charge in [-0.3, -0.25) is 14.6 Å². The number of allylic oxidation sites excluding steroid dienone is 1. The molecule has 0 bridgehead atoms. The fraction of sp³-hybridized carbons (Fsp3) is 0.406. The fourth-order valence-corrected chi connectivity index (χ4v) is 5.69. The summed E-state index contributed by atoms with van der Waals surface area (Å²) >= 11 is 6.67. The van der Waals surface area contributed by atoms with E-state index in [1.807, 2.05) is 50.2 Å². The van der Waals surface area contributed by atoms with E-state index < -0.39 is 17.6 Å². The van der Waals surface area contributed by atoms with Gasteiger partial charge in [0.15, 0.2) is 0 Å². The summed E-state index contributed by atoms with van der Waals surface area (Å²) in [6.07, 6.45) is 2.14. The maximum absolute atomic E-state index is 13.3. The minimum atomic E-state index is -4.59. The molecular formula is C32H36ClF3N6O2. The van der Waals surface area contributed by atoms with Crippen molar-refractivity contribution in [2.75, 3.05) is 18.4 Å². The van der Waals surface area contributed by atoms with E-state index in [0.29, 0.717) is 41.6 Å². The molecule has 0 radical (unpaired) electrons. The number of rotatable bonds is 7. The van der Waals surface area contributed by atoms with E-state index in [1.54, 1.807) is 18.3 Å². The second-order valence-corrected chi connectivity index (χ2v) is 11.1. The molecule has 44 heavy (non-hydrogen) atoms. The van der Waals surface area contributed by atoms with Gasteiger partial charge in [-0.15, -0.1) is 0 Å². The Morgan fingerprint density at radius 1 is 1.23 bits per heavy atom. The number of aryl methyl sites for hydroxylation is 1. The first-order valence-corrected chi connectivity index (χ1v) is 15.0. The molecule has 0 spiro atoms. The van der Waals surface area contributed by atoms with E-state index in [1.165, 1.54) is 0 Å². The molecule has 1 N–H and O–H groups in total. The van der Waals surface area contributed by atoms with Gasteiger partial charge in [0.25, 0.3) is 5.91 Å². The number of halogens is 4. The molecule has 0 saturated carbocycles. The summed E-state index contributed by atoms with van der Waals surface area (Å²) in [5.74, 6) is -0.745. The monoisotopic (exact) mass is 628 g/mol. The lowest BCUT2D eigenvalue weighted by atomic mass is 9.93. The molecule has 1 aliphatic heterocycles. The van der Waals surface area contributed by atoms with Crippen LogP contribution >= 0.6 is 11.6 Å². The first-order chi connectivity index (χ1) is 20.9. The second kappa shape index (κ2) is 13.8. The summed E-state index contributed by atoms with van der Waals surface area (Å²) in [7, 11) is 0. The number of nitrogens with one attached hydrogen (secondary N) is 1. The van der Waals surface area contributed by atoms with Gasteiger partial charge >= 0.3 is 6.18 Å². The minimum absolute atomic E-state index is 0.0640. The van der Waals surface area contributed by atoms with Crippen LogP contribution in [0.5, 0.6) is 0 Å². The molecule has 4 rings (SSSR count). The van der Waals surface area contributed by atoms with Gasteiger partial charge in [-0.05, 0) is 64.8 Å². The summed E-state index contributed by atoms with van der Waals surface area (Å²) < 4.78 is 41.6. The Bertz CT molecular complexity index is 1710. The number of pyridine rings is 2. The van der Waals surface area contributed by atoms with Crippen LogP contribution in [0.4, 0.5) is 24.7 Å². The third-order valence-electron chi connectivity index (χ3n) is 7.77. The third kappa shape index (κ3) is 7.04. The SMILES string of the molecule is C/C=C\N=c1c(C)c(N=C(C)C2CCCN(C(=O)CC)C2)c2cc(Cl)c(C(=O)Nc3cc(C(F)(F)F)ccn3)cc2n1CC. The number of alkyl halides is 3. The summed E-state index contributed by atoms with van der Waals surface area (Å²) in [5, 5.41) is 3.24. The standard InChI is InChI=1S/C32H36ClF3N6O2/c1-6-12-38-30-19(4)29(39-20(5)21-10-9-14-41(18-21)28(43)7-2)24-16-25(33)23(17-26(24)42(30)8-3)31(44)40-27-15-22(11-13-37-27)32(34,35)36/h6,11-13,15-17,21H,7-10,14,18H2,1-5H3,(H,37,40,44)/b12-6-,38-30?,39-20?. The molecule has 234 valence electrons. The summed E-state index contributed by atoms with van der Waals surface area (Å²) in [6, 6.07) is 4.86. The van der Waals surface area contributed by atoms with Crippen molar-refractivity contribution in [2.45, 2.75) is 66.6 Å². The molecule has 3 aromatic rings. The van der Waals surface area contributed by atoms with Crippen molar-refractivity contribution in [2.24, 2.45) is 15.9 Å². The zero-order valence-corrected chi connectivity index (χ0v) is 26.2. The number of anilines is 1. The Morgan fingerprint density at radius 2 is 1.98 bits per heavy atom. The molecule has 0 aliphatic carbocycles. The average molecular weight is 629 g/mol. The Balaban J connectivity index is 1.86. The highest BCUT2D eigenvalue weighted by molar-refractivity contribution is 6.35. The molecule has 1 unspecified atom stereocenters. The summed E-state index contributed by atoms with van der Waals surface area (Å²) in [5.41, 5.74) is 2.75. The van der Waals surface area contributed by atoms with E-state index >= 15 is 0 Å². The molecule has 2 amide bonds. The van der Waals surface area contributed by atoms with Crippen molar-refractivity contribution in [1.82, 2.24) is 14.5 Å². The highest BCUT2D eigenvalue weighted by Crippen LogP contribution is 2.34. The molecule has 2 aromatic heterocycles. The Labute approximate surface area is 259 Å². The average Bonchev–Trinajstić information content (AvgIpc) is 3.00. The number of piperidine rings is 1. The van der Waals surface area contributed by atoms with Crippen LogP contribution in [0, 0.1) is 12.8 Å². The number of likely N-dealkylation sites (tertiary alicyclic amines) is 1. The number of nitrogens with zero attached hydrogens (tertiary/aromatic N) is 5. The Morgan fingerprint density at radius 3 is 2.64 bits per heavy atom. The topological polar surface area (TPSA) is 91.9 Å². The quantitative estimate of drug-likeness (QED) is 0.275. The van der Waals surface area contributed by atoms with Crippen molar-refractivity contribution in [3.05, 3.63) is 69.9 Å². The molecule has 1 atom stereocenters. The number of carbonyl (C=O) groups excluding carboxylic acids is 2. The highest BCUT2D eigenvalue weighted by atomic mass is 35.5. The lowest BCUT2D eigenvalue weighted by Crippen LogP contribution is -2.41. The van der Waals surface area contributed by atoms with E-state index in [-0.39, 0.29) is 28.2 Å². The number of hydrogen-bond donors (Lipinski definition) is 1. The molecule has 12 heteroatoms. The first-order valence-electron chi connectivity index (χ1n) is 14.6. The first kappa shape index (κ1) is 32.9. The van der Waals surface area contributed by atoms with Crippen LogP contribution in [0.25, 0.3) is 10.9 Å². The lowest BCUT2D eigenvalue weighted by molar-refractivity contribution is -0.137. The number of carbonyl (C=O) groups is 2. The van der Waals surface area contributed by atoms with E-state index in [4.69, 9.17) is 16.6 Å². The van der Waals surface area contributed by atoms with Gasteiger partial charge in [0.1, 0.15) is 11.3 Å². The number of aliphatic imine (C=N–C) groups is 1. The van der Waals surface area contributed by atoms with E-state index in [2.05, 4.69) is 15.3 Å². The van der Waals surface area contributed by atoms with Crippen molar-refractivity contribution in [1.29, 1.82) is 0 Å². The maximum Gasteiger partial charge on any atom is 0.416 e. The Hall–Kier alpha value is -3.99. The molecule has 3 heterocycles. The highest BCUT2D eigenvalue weighted by Gasteiger charge is 2.31. The molecule has 1 saturated heterocycles. The smallest absolute Gasteiger partial charge is 0.342 e. The van der Waals surface area contributed by atoms with E-state index in [9.17, 15) is 22.8 Å². The summed E-state index contributed by atoms with van der Waals surface area (Å²) in [6.45, 7) is 11.4. The predicted molar refractivity (Wildman–Crippen MR) is 167 cm³/mol. The number of hydrogen-bond acceptors (Lipinski definition) is 5. The largest absolute Gasteiger partial charge is 0.416 e. The van der Waals surface area contributed by atoms with Gasteiger partial charge in [0.2, 0.25) is 5.91 Å². The maximum atomic E-state index is 13.3. The second-order valence-electron chi connectivity index (χ2n) is 10.7. The van der Waals surface area contributed by atoms with Crippen LogP contribution < -0.4 is 10.8 Å². The van der Waals surface area contributed by atoms with Gasteiger partial charge < -0.3 is 14.8 Å². The molecule has 1 fully saturated rings. The molecular weight excluding hydrogens is 593 g/mol. The molecule has 1 aliphatic rings. The van der Waals surface area contributed by atoms with Crippen LogP contribution in [-0.4, -0.2) is 45.1 Å². The molecule has 1 aromatic carbocycles. The number of benzene rings is 1. The van der Waals surface area contributed by atoms with Crippen molar-refractivity contribution < 1.29 is 22.8 Å². The van der Waals surface area contributed by atoms with E-state index in [0.717, 1.165) is 49.0 Å². The normalized spacial score (nSPS) is 16.7. The van der Waals surface area contributed by atoms with Gasteiger partial charge in [0.05, 0.1) is 27.4 Å². The third-order valence-corrected chi connectivity index (χ3v) is 8.08. The number of aromatic nitrogens is 2. The van der Waals surface area contributed by atoms with Crippen molar-refractivity contribution in [3.63, 3.8) is 0 Å². The minimum Gasteiger partial charge on any atom is -0.342 e. The number of fused-ring (bicyclic) bond motifs is 1. The molecule has 8 nitrogen and oxygen atoms in total. The predicted octanol–water partition coefficient (Wildman–Crippen LogP) is 7.46. The van der Waals surface area contributed by atoms with Crippen LogP contribution in [0.3, 0.4) is 0 Å². The van der Waals surface area contributed by atoms with Crippen LogP contribution in [-0.2, 0) is 17.5 Å².